The third kappa shape index (κ3) is 9.91. The van der Waals surface area contributed by atoms with Crippen LogP contribution in [0.2, 0.25) is 0 Å². The van der Waals surface area contributed by atoms with Gasteiger partial charge >= 0.3 is 6.09 Å². The number of benzene rings is 3. The zero-order valence-corrected chi connectivity index (χ0v) is 40.8. The lowest BCUT2D eigenvalue weighted by Crippen LogP contribution is -2.54. The van der Waals surface area contributed by atoms with Gasteiger partial charge in [-0.25, -0.2) is 14.8 Å². The van der Waals surface area contributed by atoms with E-state index in [1.54, 1.807) is 0 Å². The number of ether oxygens (including phenoxy) is 1. The molecule has 5 heterocycles. The van der Waals surface area contributed by atoms with E-state index in [1.165, 1.54) is 44.8 Å². The Bertz CT molecular complexity index is 2710. The Morgan fingerprint density at radius 1 is 0.647 bits per heavy atom. The van der Waals surface area contributed by atoms with Crippen molar-refractivity contribution in [3.8, 4) is 50.7 Å². The number of hydrogen-bond donors (Lipinski definition) is 3. The molecule has 1 radical (unpaired) electrons. The molecule has 12 heteroatoms. The fourth-order valence-electron chi connectivity index (χ4n) is 10.5. The van der Waals surface area contributed by atoms with E-state index in [-0.39, 0.29) is 29.3 Å². The highest BCUT2D eigenvalue weighted by atomic mass is 16.5. The number of methoxy groups -OCH3 is 1. The van der Waals surface area contributed by atoms with Crippen molar-refractivity contribution in [3.63, 3.8) is 0 Å². The number of hydrogen-bond acceptors (Lipinski definition) is 6. The number of aromatic amines is 2. The van der Waals surface area contributed by atoms with Crippen LogP contribution in [-0.4, -0.2) is 78.5 Å². The van der Waals surface area contributed by atoms with Gasteiger partial charge in [0.25, 0.3) is 0 Å². The number of H-pyrrole nitrogens is 2. The number of amides is 3. The van der Waals surface area contributed by atoms with E-state index in [0.29, 0.717) is 12.5 Å². The average molecular weight is 916 g/mol. The molecule has 3 N–H and O–H groups in total. The van der Waals surface area contributed by atoms with Gasteiger partial charge in [-0.05, 0) is 107 Å². The lowest BCUT2D eigenvalue weighted by atomic mass is 9.84. The van der Waals surface area contributed by atoms with Crippen LogP contribution >= 0.6 is 0 Å². The maximum Gasteiger partial charge on any atom is 0.407 e. The van der Waals surface area contributed by atoms with E-state index < -0.39 is 17.6 Å². The van der Waals surface area contributed by atoms with Crippen molar-refractivity contribution < 1.29 is 19.1 Å². The van der Waals surface area contributed by atoms with Crippen molar-refractivity contribution in [3.05, 3.63) is 121 Å². The van der Waals surface area contributed by atoms with Crippen molar-refractivity contribution in [1.29, 1.82) is 0 Å². The molecule has 1 saturated carbocycles. The minimum absolute atomic E-state index is 0.0581. The van der Waals surface area contributed by atoms with E-state index in [4.69, 9.17) is 14.7 Å². The third-order valence-corrected chi connectivity index (χ3v) is 14.1. The van der Waals surface area contributed by atoms with Crippen molar-refractivity contribution in [1.82, 2.24) is 39.6 Å². The largest absolute Gasteiger partial charge is 0.453 e. The molecule has 0 unspecified atom stereocenters. The Morgan fingerprint density at radius 2 is 1.15 bits per heavy atom. The van der Waals surface area contributed by atoms with Crippen molar-refractivity contribution in [2.75, 3.05) is 20.2 Å². The number of likely N-dealkylation sites (tertiary alicyclic amines) is 2. The maximum atomic E-state index is 14.0. The van der Waals surface area contributed by atoms with E-state index in [9.17, 15) is 14.4 Å². The summed E-state index contributed by atoms with van der Waals surface area (Å²) >= 11 is 0. The van der Waals surface area contributed by atoms with Gasteiger partial charge in [-0.15, -0.1) is 0 Å². The van der Waals surface area contributed by atoms with Gasteiger partial charge in [-0.1, -0.05) is 121 Å². The first-order chi connectivity index (χ1) is 32.6. The monoisotopic (exact) mass is 916 g/mol. The Balaban J connectivity index is 0.975. The first-order valence-corrected chi connectivity index (χ1v) is 24.6. The molecule has 68 heavy (non-hydrogen) atoms. The van der Waals surface area contributed by atoms with Crippen molar-refractivity contribution in [2.45, 2.75) is 123 Å². The highest BCUT2D eigenvalue weighted by molar-refractivity contribution is 5.87. The second kappa shape index (κ2) is 19.3. The number of alkyl carbamates (subject to hydrolysis) is 1. The molecule has 3 aromatic heterocycles. The summed E-state index contributed by atoms with van der Waals surface area (Å²) in [5, 5.41) is 2.77. The van der Waals surface area contributed by atoms with Crippen LogP contribution < -0.4 is 5.32 Å². The summed E-state index contributed by atoms with van der Waals surface area (Å²) in [4.78, 5) is 59.9. The molecule has 0 spiro atoms. The van der Waals surface area contributed by atoms with E-state index in [0.717, 1.165) is 94.6 Å². The maximum absolute atomic E-state index is 14.0. The molecule has 6 aromatic rings. The zero-order valence-electron chi connectivity index (χ0n) is 40.8. The van der Waals surface area contributed by atoms with E-state index in [2.05, 4.69) is 126 Å². The molecule has 2 aliphatic heterocycles. The number of aromatic nitrogens is 5. The first kappa shape index (κ1) is 46.7. The predicted molar refractivity (Wildman–Crippen MR) is 268 cm³/mol. The molecule has 2 saturated heterocycles. The zero-order chi connectivity index (χ0) is 47.7. The summed E-state index contributed by atoms with van der Waals surface area (Å²) in [6, 6.07) is 29.9. The number of nitrogens with zero attached hydrogens (tertiary/aromatic N) is 5. The molecule has 9 rings (SSSR count). The van der Waals surface area contributed by atoms with Gasteiger partial charge in [0.15, 0.2) is 0 Å². The van der Waals surface area contributed by atoms with Gasteiger partial charge in [0.2, 0.25) is 11.8 Å². The van der Waals surface area contributed by atoms with E-state index >= 15 is 0 Å². The number of carbonyl (C=O) groups excluding carboxylic acids is 3. The molecule has 12 nitrogen and oxygen atoms in total. The van der Waals surface area contributed by atoms with Gasteiger partial charge in [0.05, 0.1) is 60.8 Å². The van der Waals surface area contributed by atoms with Crippen LogP contribution in [-0.2, 0) is 14.3 Å². The number of carbonyl (C=O) groups is 3. The van der Waals surface area contributed by atoms with Crippen LogP contribution in [0.3, 0.4) is 0 Å². The number of nitrogens with one attached hydrogen (secondary N) is 3. The van der Waals surface area contributed by atoms with Crippen molar-refractivity contribution >= 4 is 17.9 Å². The molecule has 3 fully saturated rings. The number of imidazole rings is 2. The lowest BCUT2D eigenvalue weighted by Gasteiger charge is -2.35. The van der Waals surface area contributed by atoms with Crippen molar-refractivity contribution in [2.24, 2.45) is 10.8 Å². The van der Waals surface area contributed by atoms with Gasteiger partial charge in [0, 0.05) is 18.8 Å². The summed E-state index contributed by atoms with van der Waals surface area (Å²) < 4.78 is 7.22. The molecular weight excluding hydrogens is 849 g/mol. The fourth-order valence-corrected chi connectivity index (χ4v) is 10.5. The second-order valence-electron chi connectivity index (χ2n) is 21.2. The van der Waals surface area contributed by atoms with Crippen LogP contribution in [0.1, 0.15) is 135 Å². The topological polar surface area (TPSA) is 141 Å². The quantitative estimate of drug-likeness (QED) is 0.118. The van der Waals surface area contributed by atoms with Gasteiger partial charge in [0.1, 0.15) is 17.7 Å². The first-order valence-electron chi connectivity index (χ1n) is 24.6. The summed E-state index contributed by atoms with van der Waals surface area (Å²) in [5.41, 5.74) is 10.00. The third-order valence-electron chi connectivity index (χ3n) is 14.1. The Hall–Kier alpha value is -6.43. The second-order valence-corrected chi connectivity index (χ2v) is 21.2. The van der Waals surface area contributed by atoms with Gasteiger partial charge in [-0.3, -0.25) is 9.59 Å². The van der Waals surface area contributed by atoms with Crippen LogP contribution in [0.4, 0.5) is 4.79 Å². The Labute approximate surface area is 401 Å². The number of rotatable bonds is 11. The lowest BCUT2D eigenvalue weighted by molar-refractivity contribution is -0.137. The molecule has 3 amide bonds. The highest BCUT2D eigenvalue weighted by Gasteiger charge is 2.41. The van der Waals surface area contributed by atoms with Gasteiger partial charge in [-0.2, -0.15) is 0 Å². The van der Waals surface area contributed by atoms with Crippen LogP contribution in [0.5, 0.6) is 0 Å². The SMILES string of the molecule is COC(=O)N[C@H](C(=O)N1CCC[C@H]1c1ncc(-c2ccc(-c3ccc(-c4ccc(-c5cnc([C@@H]6CCCN6C(=O)[CH]C(C)(C)C)[nH]5)cc4)n3-c3ccc(C4CCCCC4)cc3)cc2)[nH]1)C(C)(C)C. The minimum Gasteiger partial charge on any atom is -0.453 e. The smallest absolute Gasteiger partial charge is 0.407 e. The molecular formula is C56H67N8O4. The molecule has 0 bridgehead atoms. The summed E-state index contributed by atoms with van der Waals surface area (Å²) in [7, 11) is 1.31. The molecule has 1 aliphatic carbocycles. The standard InChI is InChI=1S/C56H67N8O4/c1-55(2,3)33-49(65)62-31-11-15-47(62)51-57-34-43(59-51)38-17-21-40(22-18-38)45-29-30-46(64(45)42-27-25-37(26-28-42)36-13-9-8-10-14-36)41-23-19-39(20-24-41)44-35-58-52(60-44)48-16-12-32-63(48)53(66)50(56(4,5)6)61-54(67)68-7/h17-30,33-36,47-48,50H,8-16,31-32H2,1-7H3,(H,57,59)(H,58,60)(H,61,67)/t47-,48-,50+/m0/s1. The van der Waals surface area contributed by atoms with E-state index in [1.807, 2.05) is 49.4 Å². The van der Waals surface area contributed by atoms with Crippen LogP contribution in [0.15, 0.2) is 97.3 Å². The molecule has 3 aromatic carbocycles. The predicted octanol–water partition coefficient (Wildman–Crippen LogP) is 12.0. The molecule has 3 aliphatic rings. The van der Waals surface area contributed by atoms with Crippen LogP contribution in [0, 0.1) is 17.3 Å². The van der Waals surface area contributed by atoms with Crippen LogP contribution in [0.25, 0.3) is 50.7 Å². The van der Waals surface area contributed by atoms with Gasteiger partial charge < -0.3 is 34.4 Å². The molecule has 355 valence electrons. The summed E-state index contributed by atoms with van der Waals surface area (Å²) in [5.74, 6) is 2.11. The molecule has 3 atom stereocenters. The summed E-state index contributed by atoms with van der Waals surface area (Å²) in [6.45, 7) is 13.3. The Kier molecular flexibility index (Phi) is 13.2. The average Bonchev–Trinajstić information content (AvgIpc) is 4.20. The summed E-state index contributed by atoms with van der Waals surface area (Å²) in [6.07, 6.45) is 14.8. The fraction of sp³-hybridized carbons (Fsp3) is 0.429. The Morgan fingerprint density at radius 3 is 1.65 bits per heavy atom. The highest BCUT2D eigenvalue weighted by Crippen LogP contribution is 2.39. The normalized spacial score (nSPS) is 18.5. The minimum atomic E-state index is -0.743.